The Bertz CT molecular complexity index is 776. The van der Waals surface area contributed by atoms with Crippen molar-refractivity contribution in [2.75, 3.05) is 31.6 Å². The highest BCUT2D eigenvalue weighted by atomic mass is 16.5. The van der Waals surface area contributed by atoms with Crippen LogP contribution in [-0.4, -0.2) is 54.4 Å². The van der Waals surface area contributed by atoms with E-state index in [0.29, 0.717) is 18.6 Å². The molecule has 5 atom stereocenters. The lowest BCUT2D eigenvalue weighted by atomic mass is 9.56. The molecule has 26 heavy (non-hydrogen) atoms. The molecule has 3 heterocycles. The minimum atomic E-state index is -0.215. The van der Waals surface area contributed by atoms with Gasteiger partial charge in [0.2, 0.25) is 0 Å². The van der Waals surface area contributed by atoms with Crippen LogP contribution >= 0.6 is 0 Å². The fraction of sp³-hybridized carbons (Fsp3) is 0.571. The van der Waals surface area contributed by atoms with Gasteiger partial charge in [0, 0.05) is 42.6 Å². The van der Waals surface area contributed by atoms with Gasteiger partial charge in [0.1, 0.15) is 0 Å². The van der Waals surface area contributed by atoms with E-state index >= 15 is 0 Å². The Balaban J connectivity index is 1.61. The van der Waals surface area contributed by atoms with Gasteiger partial charge in [-0.05, 0) is 36.9 Å². The highest BCUT2D eigenvalue weighted by Gasteiger charge is 2.65. The second kappa shape index (κ2) is 5.83. The number of hydrogen-bond acceptors (Lipinski definition) is 5. The lowest BCUT2D eigenvalue weighted by Gasteiger charge is -2.54. The molecule has 1 aliphatic carbocycles. The van der Waals surface area contributed by atoms with E-state index in [4.69, 9.17) is 4.74 Å². The number of aliphatic hydroxyl groups excluding tert-OH is 1. The monoisotopic (exact) mass is 354 g/mol. The third-order valence-electron chi connectivity index (χ3n) is 7.26. The van der Waals surface area contributed by atoms with Crippen LogP contribution < -0.4 is 5.32 Å². The second-order valence-electron chi connectivity index (χ2n) is 8.21. The molecule has 1 spiro atoms. The Morgan fingerprint density at radius 1 is 1.46 bits per heavy atom. The first kappa shape index (κ1) is 16.3. The van der Waals surface area contributed by atoms with Gasteiger partial charge in [-0.2, -0.15) is 0 Å². The third kappa shape index (κ3) is 2.07. The van der Waals surface area contributed by atoms with E-state index in [0.717, 1.165) is 25.9 Å². The molecule has 4 aliphatic rings. The topological polar surface area (TPSA) is 61.8 Å². The van der Waals surface area contributed by atoms with Gasteiger partial charge in [-0.1, -0.05) is 29.8 Å². The first-order valence-electron chi connectivity index (χ1n) is 9.68. The number of esters is 1. The van der Waals surface area contributed by atoms with E-state index < -0.39 is 0 Å². The predicted molar refractivity (Wildman–Crippen MR) is 98.9 cm³/mol. The summed E-state index contributed by atoms with van der Waals surface area (Å²) in [6.07, 6.45) is 4.21. The quantitative estimate of drug-likeness (QED) is 0.642. The maximum Gasteiger partial charge on any atom is 0.302 e. The number of benzene rings is 1. The number of anilines is 1. The number of nitrogens with zero attached hydrogens (tertiary/aromatic N) is 1. The van der Waals surface area contributed by atoms with Crippen molar-refractivity contribution in [2.45, 2.75) is 37.3 Å². The summed E-state index contributed by atoms with van der Waals surface area (Å²) in [5.41, 5.74) is 4.11. The molecular weight excluding hydrogens is 328 g/mol. The number of hydrogen-bond donors (Lipinski definition) is 2. The van der Waals surface area contributed by atoms with Crippen molar-refractivity contribution in [3.8, 4) is 0 Å². The van der Waals surface area contributed by atoms with E-state index in [1.165, 1.54) is 23.7 Å². The fourth-order valence-electron chi connectivity index (χ4n) is 6.36. The Morgan fingerprint density at radius 2 is 2.31 bits per heavy atom. The molecule has 2 N–H and O–H groups in total. The summed E-state index contributed by atoms with van der Waals surface area (Å²) in [4.78, 5) is 14.1. The maximum atomic E-state index is 11.5. The normalized spacial score (nSPS) is 38.6. The summed E-state index contributed by atoms with van der Waals surface area (Å²) >= 11 is 0. The standard InChI is InChI=1S/C21H26N2O3/c1-13(25)26-12-16-15-10-19-21(7-8-23(19)11-14(15)6-9-24)17-4-2-3-5-18(17)22-20(16)21/h2-6,15-16,19-20,22,24H,7-12H2,1H3/b14-6+/t15-,16+,19-,20-,21?/m0/s1. The summed E-state index contributed by atoms with van der Waals surface area (Å²) < 4.78 is 5.53. The van der Waals surface area contributed by atoms with Crippen LogP contribution in [-0.2, 0) is 14.9 Å². The minimum absolute atomic E-state index is 0.0775. The fourth-order valence-corrected chi connectivity index (χ4v) is 6.36. The SMILES string of the molecule is CC(=O)OC[C@@H]1[C@H]2C[C@@H]3N(CCC34c3ccccc3N[C@@H]14)C/C2=C\CO. The minimum Gasteiger partial charge on any atom is -0.465 e. The van der Waals surface area contributed by atoms with Crippen molar-refractivity contribution in [2.24, 2.45) is 11.8 Å². The van der Waals surface area contributed by atoms with Crippen LogP contribution in [0.25, 0.3) is 0 Å². The first-order chi connectivity index (χ1) is 12.6. The summed E-state index contributed by atoms with van der Waals surface area (Å²) in [5, 5.41) is 13.3. The zero-order chi connectivity index (χ0) is 17.9. The summed E-state index contributed by atoms with van der Waals surface area (Å²) in [6, 6.07) is 9.51. The van der Waals surface area contributed by atoms with Gasteiger partial charge in [-0.3, -0.25) is 9.69 Å². The molecule has 138 valence electrons. The molecule has 0 aromatic heterocycles. The molecule has 3 aliphatic heterocycles. The summed E-state index contributed by atoms with van der Waals surface area (Å²) in [7, 11) is 0. The number of aliphatic hydroxyl groups is 1. The highest BCUT2D eigenvalue weighted by Crippen LogP contribution is 2.61. The van der Waals surface area contributed by atoms with Gasteiger partial charge in [-0.25, -0.2) is 0 Å². The van der Waals surface area contributed by atoms with Gasteiger partial charge in [-0.15, -0.1) is 0 Å². The zero-order valence-electron chi connectivity index (χ0n) is 15.1. The second-order valence-corrected chi connectivity index (χ2v) is 8.21. The van der Waals surface area contributed by atoms with Crippen LogP contribution in [0.1, 0.15) is 25.3 Å². The summed E-state index contributed by atoms with van der Waals surface area (Å²) in [6.45, 7) is 4.04. The van der Waals surface area contributed by atoms with Crippen molar-refractivity contribution in [3.63, 3.8) is 0 Å². The molecule has 1 saturated carbocycles. The van der Waals surface area contributed by atoms with Crippen molar-refractivity contribution >= 4 is 11.7 Å². The number of carbonyl (C=O) groups excluding carboxylic acids is 1. The number of rotatable bonds is 3. The van der Waals surface area contributed by atoms with Crippen molar-refractivity contribution in [1.82, 2.24) is 4.90 Å². The van der Waals surface area contributed by atoms with Crippen LogP contribution in [0.2, 0.25) is 0 Å². The van der Waals surface area contributed by atoms with E-state index in [-0.39, 0.29) is 30.0 Å². The number of fused-ring (bicyclic) bond motifs is 2. The molecule has 2 saturated heterocycles. The molecule has 5 nitrogen and oxygen atoms in total. The van der Waals surface area contributed by atoms with Crippen LogP contribution in [0.5, 0.6) is 0 Å². The van der Waals surface area contributed by atoms with E-state index in [2.05, 4.69) is 34.5 Å². The summed E-state index contributed by atoms with van der Waals surface area (Å²) in [5.74, 6) is 0.384. The van der Waals surface area contributed by atoms with E-state index in [9.17, 15) is 9.90 Å². The van der Waals surface area contributed by atoms with Gasteiger partial charge in [0.05, 0.1) is 13.2 Å². The molecule has 1 aromatic rings. The van der Waals surface area contributed by atoms with Crippen LogP contribution in [0.3, 0.4) is 0 Å². The highest BCUT2D eigenvalue weighted by molar-refractivity contribution is 5.67. The van der Waals surface area contributed by atoms with Gasteiger partial charge < -0.3 is 15.2 Å². The molecule has 1 aromatic carbocycles. The Labute approximate surface area is 154 Å². The molecule has 0 amide bonds. The smallest absolute Gasteiger partial charge is 0.302 e. The lowest BCUT2D eigenvalue weighted by molar-refractivity contribution is -0.144. The first-order valence-corrected chi connectivity index (χ1v) is 9.68. The average Bonchev–Trinajstić information content (AvgIpc) is 3.18. The Kier molecular flexibility index (Phi) is 3.66. The van der Waals surface area contributed by atoms with Crippen LogP contribution in [0.15, 0.2) is 35.9 Å². The average molecular weight is 354 g/mol. The van der Waals surface area contributed by atoms with Crippen LogP contribution in [0.4, 0.5) is 5.69 Å². The van der Waals surface area contributed by atoms with Crippen molar-refractivity contribution in [3.05, 3.63) is 41.5 Å². The van der Waals surface area contributed by atoms with Gasteiger partial charge >= 0.3 is 5.97 Å². The molecule has 2 bridgehead atoms. The van der Waals surface area contributed by atoms with Crippen LogP contribution in [0, 0.1) is 11.8 Å². The Hall–Kier alpha value is -1.85. The number of piperidine rings is 1. The molecule has 5 rings (SSSR count). The molecular formula is C21H26N2O3. The van der Waals surface area contributed by atoms with E-state index in [1.54, 1.807) is 0 Å². The number of para-hydroxylation sites is 1. The predicted octanol–water partition coefficient (Wildman–Crippen LogP) is 1.92. The number of carbonyl (C=O) groups is 1. The zero-order valence-corrected chi connectivity index (χ0v) is 15.1. The van der Waals surface area contributed by atoms with Crippen molar-refractivity contribution in [1.29, 1.82) is 0 Å². The molecule has 3 fully saturated rings. The van der Waals surface area contributed by atoms with E-state index in [1.807, 2.05) is 6.08 Å². The largest absolute Gasteiger partial charge is 0.465 e. The molecule has 1 unspecified atom stereocenters. The third-order valence-corrected chi connectivity index (χ3v) is 7.26. The number of nitrogens with one attached hydrogen (secondary N) is 1. The van der Waals surface area contributed by atoms with Gasteiger partial charge in [0.25, 0.3) is 0 Å². The van der Waals surface area contributed by atoms with Gasteiger partial charge in [0.15, 0.2) is 0 Å². The molecule has 0 radical (unpaired) electrons. The van der Waals surface area contributed by atoms with Crippen molar-refractivity contribution < 1.29 is 14.6 Å². The maximum absolute atomic E-state index is 11.5. The molecule has 5 heteroatoms. The number of ether oxygens (including phenoxy) is 1. The Morgan fingerprint density at radius 3 is 3.12 bits per heavy atom. The lowest BCUT2D eigenvalue weighted by Crippen LogP contribution is -2.62.